The van der Waals surface area contributed by atoms with Crippen LogP contribution in [0.25, 0.3) is 0 Å². The van der Waals surface area contributed by atoms with Crippen molar-refractivity contribution in [3.05, 3.63) is 58.8 Å². The van der Waals surface area contributed by atoms with E-state index < -0.39 is 5.97 Å². The van der Waals surface area contributed by atoms with E-state index in [-0.39, 0.29) is 37.1 Å². The van der Waals surface area contributed by atoms with Crippen molar-refractivity contribution < 1.29 is 23.9 Å². The molecule has 2 heterocycles. The molecule has 0 bridgehead atoms. The highest BCUT2D eigenvalue weighted by Crippen LogP contribution is 2.12. The standard InChI is InChI=1S/C22H25N5O5S/c1-2-31-22(30)18-15-33-21(26-18)8-10-23-20(29)14-27-13-16(12-24-27)25-19(28)9-11-32-17-6-4-3-5-7-17/h3-7,12-13,15H,2,8-11,14H2,1H3,(H,23,29)(H,25,28). The number of nitrogens with one attached hydrogen (secondary N) is 2. The number of benzene rings is 1. The molecule has 2 aromatic heterocycles. The van der Waals surface area contributed by atoms with Crippen molar-refractivity contribution >= 4 is 34.8 Å². The van der Waals surface area contributed by atoms with Gasteiger partial charge in [-0.05, 0) is 19.1 Å². The zero-order valence-corrected chi connectivity index (χ0v) is 19.0. The summed E-state index contributed by atoms with van der Waals surface area (Å²) < 4.78 is 11.8. The van der Waals surface area contributed by atoms with Crippen LogP contribution in [0.3, 0.4) is 0 Å². The van der Waals surface area contributed by atoms with Crippen LogP contribution in [-0.4, -0.2) is 52.3 Å². The average Bonchev–Trinajstić information content (AvgIpc) is 3.44. The molecule has 0 radical (unpaired) electrons. The molecule has 0 saturated heterocycles. The molecular formula is C22H25N5O5S. The number of anilines is 1. The number of amides is 2. The molecule has 0 spiro atoms. The number of thiazole rings is 1. The molecule has 0 aliphatic carbocycles. The van der Waals surface area contributed by atoms with Crippen LogP contribution < -0.4 is 15.4 Å². The number of aromatic nitrogens is 3. The van der Waals surface area contributed by atoms with Crippen LogP contribution in [0, 0.1) is 0 Å². The van der Waals surface area contributed by atoms with Gasteiger partial charge in [0.15, 0.2) is 5.69 Å². The molecule has 0 saturated carbocycles. The van der Waals surface area contributed by atoms with Crippen LogP contribution in [0.4, 0.5) is 5.69 Å². The second-order valence-corrected chi connectivity index (χ2v) is 7.78. The molecule has 174 valence electrons. The first kappa shape index (κ1) is 23.9. The van der Waals surface area contributed by atoms with E-state index in [1.165, 1.54) is 22.2 Å². The van der Waals surface area contributed by atoms with Gasteiger partial charge in [-0.2, -0.15) is 5.10 Å². The van der Waals surface area contributed by atoms with Gasteiger partial charge in [-0.25, -0.2) is 9.78 Å². The van der Waals surface area contributed by atoms with Gasteiger partial charge < -0.3 is 20.1 Å². The molecule has 0 unspecified atom stereocenters. The highest BCUT2D eigenvalue weighted by Gasteiger charge is 2.12. The summed E-state index contributed by atoms with van der Waals surface area (Å²) in [6.07, 6.45) is 3.76. The molecule has 2 amide bonds. The largest absolute Gasteiger partial charge is 0.493 e. The van der Waals surface area contributed by atoms with Gasteiger partial charge in [0.05, 0.1) is 36.5 Å². The number of carbonyl (C=O) groups excluding carboxylic acids is 3. The summed E-state index contributed by atoms with van der Waals surface area (Å²) >= 11 is 1.34. The Morgan fingerprint density at radius 1 is 1.15 bits per heavy atom. The lowest BCUT2D eigenvalue weighted by Crippen LogP contribution is -2.29. The van der Waals surface area contributed by atoms with E-state index in [2.05, 4.69) is 20.7 Å². The number of para-hydroxylation sites is 1. The van der Waals surface area contributed by atoms with Crippen molar-refractivity contribution in [2.45, 2.75) is 26.3 Å². The minimum atomic E-state index is -0.450. The van der Waals surface area contributed by atoms with Gasteiger partial charge in [0.25, 0.3) is 0 Å². The first-order valence-electron chi connectivity index (χ1n) is 10.4. The van der Waals surface area contributed by atoms with E-state index >= 15 is 0 Å². The van der Waals surface area contributed by atoms with Gasteiger partial charge in [0.2, 0.25) is 11.8 Å². The number of ether oxygens (including phenoxy) is 2. The van der Waals surface area contributed by atoms with Crippen LogP contribution in [0.1, 0.15) is 28.8 Å². The van der Waals surface area contributed by atoms with Gasteiger partial charge in [0, 0.05) is 24.5 Å². The first-order chi connectivity index (χ1) is 16.0. The molecule has 3 rings (SSSR count). The smallest absolute Gasteiger partial charge is 0.357 e. The highest BCUT2D eigenvalue weighted by molar-refractivity contribution is 7.09. The van der Waals surface area contributed by atoms with E-state index in [0.29, 0.717) is 31.0 Å². The SMILES string of the molecule is CCOC(=O)c1csc(CCNC(=O)Cn2cc(NC(=O)CCOc3ccccc3)cn2)n1. The number of nitrogens with zero attached hydrogens (tertiary/aromatic N) is 3. The maximum absolute atomic E-state index is 12.1. The summed E-state index contributed by atoms with van der Waals surface area (Å²) in [6, 6.07) is 9.26. The molecule has 0 fully saturated rings. The zero-order chi connectivity index (χ0) is 23.5. The number of carbonyl (C=O) groups is 3. The monoisotopic (exact) mass is 471 g/mol. The maximum Gasteiger partial charge on any atom is 0.357 e. The third kappa shape index (κ3) is 8.04. The Hall–Kier alpha value is -3.73. The van der Waals surface area contributed by atoms with Gasteiger partial charge in [-0.15, -0.1) is 11.3 Å². The van der Waals surface area contributed by atoms with Crippen LogP contribution in [-0.2, 0) is 27.3 Å². The molecule has 10 nitrogen and oxygen atoms in total. The van der Waals surface area contributed by atoms with Crippen molar-refractivity contribution in [2.75, 3.05) is 25.1 Å². The topological polar surface area (TPSA) is 124 Å². The Morgan fingerprint density at radius 3 is 2.76 bits per heavy atom. The molecule has 3 aromatic rings. The molecule has 1 aromatic carbocycles. The van der Waals surface area contributed by atoms with Crippen LogP contribution in [0.2, 0.25) is 0 Å². The Morgan fingerprint density at radius 2 is 1.97 bits per heavy atom. The lowest BCUT2D eigenvalue weighted by atomic mass is 10.3. The lowest BCUT2D eigenvalue weighted by molar-refractivity contribution is -0.121. The molecule has 2 N–H and O–H groups in total. The minimum Gasteiger partial charge on any atom is -0.493 e. The van der Waals surface area contributed by atoms with E-state index in [9.17, 15) is 14.4 Å². The second-order valence-electron chi connectivity index (χ2n) is 6.83. The van der Waals surface area contributed by atoms with Crippen molar-refractivity contribution in [3.8, 4) is 5.75 Å². The summed E-state index contributed by atoms with van der Waals surface area (Å²) in [5.74, 6) is -0.178. The van der Waals surface area contributed by atoms with Gasteiger partial charge in [0.1, 0.15) is 12.3 Å². The normalized spacial score (nSPS) is 10.5. The van der Waals surface area contributed by atoms with Gasteiger partial charge >= 0.3 is 5.97 Å². The third-order valence-corrected chi connectivity index (χ3v) is 5.17. The summed E-state index contributed by atoms with van der Waals surface area (Å²) in [7, 11) is 0. The third-order valence-electron chi connectivity index (χ3n) is 4.26. The summed E-state index contributed by atoms with van der Waals surface area (Å²) in [5.41, 5.74) is 0.780. The first-order valence-corrected chi connectivity index (χ1v) is 11.3. The lowest BCUT2D eigenvalue weighted by Gasteiger charge is -2.06. The number of rotatable bonds is 12. The Balaban J connectivity index is 1.34. The summed E-state index contributed by atoms with van der Waals surface area (Å²) in [5, 5.41) is 12.0. The van der Waals surface area contributed by atoms with Crippen LogP contribution in [0.5, 0.6) is 5.75 Å². The fourth-order valence-corrected chi connectivity index (χ4v) is 3.52. The van der Waals surface area contributed by atoms with E-state index in [4.69, 9.17) is 9.47 Å². The molecule has 0 atom stereocenters. The quantitative estimate of drug-likeness (QED) is 0.388. The number of hydrogen-bond acceptors (Lipinski definition) is 8. The molecular weight excluding hydrogens is 446 g/mol. The Labute approximate surface area is 194 Å². The number of hydrogen-bond donors (Lipinski definition) is 2. The van der Waals surface area contributed by atoms with Crippen LogP contribution in [0.15, 0.2) is 48.1 Å². The van der Waals surface area contributed by atoms with Crippen molar-refractivity contribution in [3.63, 3.8) is 0 Å². The fraction of sp³-hybridized carbons (Fsp3) is 0.318. The molecule has 33 heavy (non-hydrogen) atoms. The van der Waals surface area contributed by atoms with E-state index in [0.717, 1.165) is 5.01 Å². The van der Waals surface area contributed by atoms with Gasteiger partial charge in [-0.1, -0.05) is 18.2 Å². The average molecular weight is 472 g/mol. The molecule has 11 heteroatoms. The Bertz CT molecular complexity index is 1070. The predicted octanol–water partition coefficient (Wildman–Crippen LogP) is 2.28. The fourth-order valence-electron chi connectivity index (χ4n) is 2.75. The zero-order valence-electron chi connectivity index (χ0n) is 18.2. The van der Waals surface area contributed by atoms with Crippen molar-refractivity contribution in [2.24, 2.45) is 0 Å². The maximum atomic E-state index is 12.1. The Kier molecular flexibility index (Phi) is 8.95. The van der Waals surface area contributed by atoms with Crippen LogP contribution >= 0.6 is 11.3 Å². The summed E-state index contributed by atoms with van der Waals surface area (Å²) in [6.45, 7) is 2.68. The van der Waals surface area contributed by atoms with Crippen molar-refractivity contribution in [1.82, 2.24) is 20.1 Å². The minimum absolute atomic E-state index is 0.0128. The second kappa shape index (κ2) is 12.3. The van der Waals surface area contributed by atoms with Gasteiger partial charge in [-0.3, -0.25) is 14.3 Å². The van der Waals surface area contributed by atoms with Crippen molar-refractivity contribution in [1.29, 1.82) is 0 Å². The van der Waals surface area contributed by atoms with E-state index in [1.807, 2.05) is 30.3 Å². The molecule has 0 aliphatic heterocycles. The molecule has 0 aliphatic rings. The number of esters is 1. The summed E-state index contributed by atoms with van der Waals surface area (Å²) in [4.78, 5) is 40.0. The predicted molar refractivity (Wildman–Crippen MR) is 122 cm³/mol. The highest BCUT2D eigenvalue weighted by atomic mass is 32.1. The van der Waals surface area contributed by atoms with E-state index in [1.54, 1.807) is 18.5 Å².